The number of hydrogen-bond acceptors (Lipinski definition) is 6. The number of fused-ring (bicyclic) bond motifs is 1. The van der Waals surface area contributed by atoms with Crippen LogP contribution in [0.25, 0.3) is 0 Å². The van der Waals surface area contributed by atoms with E-state index < -0.39 is 10.8 Å². The van der Waals surface area contributed by atoms with E-state index in [4.69, 9.17) is 21.1 Å². The molecule has 8 nitrogen and oxygen atoms in total. The summed E-state index contributed by atoms with van der Waals surface area (Å²) in [5, 5.41) is 15.1. The highest BCUT2D eigenvalue weighted by Gasteiger charge is 2.19. The van der Waals surface area contributed by atoms with Gasteiger partial charge >= 0.3 is 0 Å². The molecule has 2 aromatic carbocycles. The summed E-state index contributed by atoms with van der Waals surface area (Å²) in [7, 11) is 0. The number of nitro groups is 1. The zero-order valence-electron chi connectivity index (χ0n) is 12.1. The fourth-order valence-corrected chi connectivity index (χ4v) is 2.28. The number of nitro benzene ring substituents is 1. The van der Waals surface area contributed by atoms with Crippen LogP contribution in [0.2, 0.25) is 5.02 Å². The lowest BCUT2D eigenvalue weighted by molar-refractivity contribution is -0.385. The van der Waals surface area contributed by atoms with Gasteiger partial charge in [0.1, 0.15) is 5.56 Å². The maximum atomic E-state index is 12.0. The lowest BCUT2D eigenvalue weighted by Crippen LogP contribution is -2.19. The van der Waals surface area contributed by atoms with Gasteiger partial charge in [0, 0.05) is 17.7 Å². The fourth-order valence-electron chi connectivity index (χ4n) is 2.08. The first-order valence-corrected chi connectivity index (χ1v) is 7.10. The molecule has 0 unspecified atom stereocenters. The Morgan fingerprint density at radius 2 is 2.00 bits per heavy atom. The maximum absolute atomic E-state index is 12.0. The van der Waals surface area contributed by atoms with Gasteiger partial charge in [-0.15, -0.1) is 0 Å². The van der Waals surface area contributed by atoms with E-state index in [-0.39, 0.29) is 18.0 Å². The van der Waals surface area contributed by atoms with Crippen molar-refractivity contribution in [1.29, 1.82) is 0 Å². The molecule has 0 bridgehead atoms. The minimum absolute atomic E-state index is 0.0866. The van der Waals surface area contributed by atoms with Gasteiger partial charge in [-0.25, -0.2) is 5.43 Å². The number of para-hydroxylation sites is 1. The standard InChI is InChI=1S/C15H10ClN3O5/c16-11-6-14-13(23-8-24-14)5-9(11)7-17-18-15(20)10-3-1-2-4-12(10)19(21)22/h1-7H,8H2,(H,18,20)/b17-7-. The summed E-state index contributed by atoms with van der Waals surface area (Å²) in [5.41, 5.74) is 2.35. The number of rotatable bonds is 4. The van der Waals surface area contributed by atoms with E-state index in [1.54, 1.807) is 12.1 Å². The molecule has 0 spiro atoms. The van der Waals surface area contributed by atoms with Crippen molar-refractivity contribution in [3.8, 4) is 11.5 Å². The third-order valence-corrected chi connectivity index (χ3v) is 3.53. The summed E-state index contributed by atoms with van der Waals surface area (Å²) < 4.78 is 10.4. The molecule has 0 fully saturated rings. The van der Waals surface area contributed by atoms with Crippen molar-refractivity contribution in [3.63, 3.8) is 0 Å². The number of carbonyl (C=O) groups excluding carboxylic acids is 1. The lowest BCUT2D eigenvalue weighted by atomic mass is 10.2. The van der Waals surface area contributed by atoms with Crippen LogP contribution in [0.3, 0.4) is 0 Å². The molecule has 1 aliphatic rings. The van der Waals surface area contributed by atoms with E-state index in [1.165, 1.54) is 30.5 Å². The second kappa shape index (κ2) is 6.55. The molecule has 1 N–H and O–H groups in total. The second-order valence-electron chi connectivity index (χ2n) is 4.70. The minimum atomic E-state index is -0.699. The van der Waals surface area contributed by atoms with Crippen LogP contribution in [-0.4, -0.2) is 23.8 Å². The molecular weight excluding hydrogens is 338 g/mol. The van der Waals surface area contributed by atoms with Crippen molar-refractivity contribution in [1.82, 2.24) is 5.43 Å². The van der Waals surface area contributed by atoms with Crippen LogP contribution in [0.1, 0.15) is 15.9 Å². The van der Waals surface area contributed by atoms with Gasteiger partial charge in [0.05, 0.1) is 16.2 Å². The number of ether oxygens (including phenoxy) is 2. The van der Waals surface area contributed by atoms with Crippen LogP contribution in [0.15, 0.2) is 41.5 Å². The second-order valence-corrected chi connectivity index (χ2v) is 5.11. The van der Waals surface area contributed by atoms with Gasteiger partial charge in [0.15, 0.2) is 11.5 Å². The van der Waals surface area contributed by atoms with E-state index in [2.05, 4.69) is 10.5 Å². The van der Waals surface area contributed by atoms with Crippen molar-refractivity contribution in [3.05, 3.63) is 62.7 Å². The molecule has 2 aromatic rings. The SMILES string of the molecule is O=C(N/N=C\c1cc2c(cc1Cl)OCO2)c1ccccc1[N+](=O)[O-]. The van der Waals surface area contributed by atoms with Crippen LogP contribution in [0.5, 0.6) is 11.5 Å². The molecule has 0 aromatic heterocycles. The highest BCUT2D eigenvalue weighted by molar-refractivity contribution is 6.33. The zero-order valence-corrected chi connectivity index (χ0v) is 12.8. The molecule has 1 amide bonds. The summed E-state index contributed by atoms with van der Waals surface area (Å²) in [6, 6.07) is 8.79. The van der Waals surface area contributed by atoms with Crippen molar-refractivity contribution < 1.29 is 19.2 Å². The van der Waals surface area contributed by atoms with Crippen LogP contribution in [-0.2, 0) is 0 Å². The molecule has 24 heavy (non-hydrogen) atoms. The van der Waals surface area contributed by atoms with Crippen LogP contribution in [0, 0.1) is 10.1 Å². The van der Waals surface area contributed by atoms with E-state index in [9.17, 15) is 14.9 Å². The van der Waals surface area contributed by atoms with Crippen molar-refractivity contribution in [2.24, 2.45) is 5.10 Å². The van der Waals surface area contributed by atoms with Gasteiger partial charge in [-0.3, -0.25) is 14.9 Å². The molecular formula is C15H10ClN3O5. The van der Waals surface area contributed by atoms with Crippen LogP contribution in [0.4, 0.5) is 5.69 Å². The third kappa shape index (κ3) is 3.13. The van der Waals surface area contributed by atoms with Gasteiger partial charge < -0.3 is 9.47 Å². The molecule has 1 aliphatic heterocycles. The largest absolute Gasteiger partial charge is 0.454 e. The fraction of sp³-hybridized carbons (Fsp3) is 0.0667. The number of nitrogens with one attached hydrogen (secondary N) is 1. The van der Waals surface area contributed by atoms with E-state index in [0.29, 0.717) is 22.1 Å². The normalized spacial score (nSPS) is 12.4. The summed E-state index contributed by atoms with van der Waals surface area (Å²) in [5.74, 6) is 0.349. The summed E-state index contributed by atoms with van der Waals surface area (Å²) in [6.45, 7) is 0.112. The molecule has 122 valence electrons. The van der Waals surface area contributed by atoms with Gasteiger partial charge in [-0.2, -0.15) is 5.10 Å². The Bertz CT molecular complexity index is 853. The summed E-state index contributed by atoms with van der Waals surface area (Å²) in [4.78, 5) is 22.3. The highest BCUT2D eigenvalue weighted by Crippen LogP contribution is 2.36. The first-order chi connectivity index (χ1) is 11.6. The molecule has 1 heterocycles. The number of nitrogens with zero attached hydrogens (tertiary/aromatic N) is 2. The molecule has 0 aliphatic carbocycles. The number of benzene rings is 2. The van der Waals surface area contributed by atoms with Crippen LogP contribution < -0.4 is 14.9 Å². The Hall–Kier alpha value is -3.13. The van der Waals surface area contributed by atoms with E-state index in [0.717, 1.165) is 0 Å². The minimum Gasteiger partial charge on any atom is -0.454 e. The number of carbonyl (C=O) groups is 1. The molecule has 0 radical (unpaired) electrons. The Balaban J connectivity index is 1.75. The van der Waals surface area contributed by atoms with Crippen molar-refractivity contribution >= 4 is 29.4 Å². The molecule has 0 saturated carbocycles. The summed E-state index contributed by atoms with van der Waals surface area (Å²) >= 11 is 6.08. The average Bonchev–Trinajstić information content (AvgIpc) is 3.01. The van der Waals surface area contributed by atoms with Gasteiger partial charge in [-0.05, 0) is 12.1 Å². The topological polar surface area (TPSA) is 103 Å². The third-order valence-electron chi connectivity index (χ3n) is 3.21. The average molecular weight is 348 g/mol. The number of halogens is 1. The maximum Gasteiger partial charge on any atom is 0.282 e. The molecule has 3 rings (SSSR count). The predicted octanol–water partition coefficient (Wildman–Crippen LogP) is 2.74. The van der Waals surface area contributed by atoms with Crippen molar-refractivity contribution in [2.75, 3.05) is 6.79 Å². The molecule has 9 heteroatoms. The lowest BCUT2D eigenvalue weighted by Gasteiger charge is -2.02. The quantitative estimate of drug-likeness (QED) is 0.520. The number of hydrogen-bond donors (Lipinski definition) is 1. The van der Waals surface area contributed by atoms with E-state index >= 15 is 0 Å². The zero-order chi connectivity index (χ0) is 17.1. The first-order valence-electron chi connectivity index (χ1n) is 6.72. The highest BCUT2D eigenvalue weighted by atomic mass is 35.5. The monoisotopic (exact) mass is 347 g/mol. The van der Waals surface area contributed by atoms with Crippen LogP contribution >= 0.6 is 11.6 Å². The van der Waals surface area contributed by atoms with Gasteiger partial charge in [-0.1, -0.05) is 23.7 Å². The van der Waals surface area contributed by atoms with Crippen molar-refractivity contribution in [2.45, 2.75) is 0 Å². The summed E-state index contributed by atoms with van der Waals surface area (Å²) in [6.07, 6.45) is 1.32. The Morgan fingerprint density at radius 1 is 1.29 bits per heavy atom. The smallest absolute Gasteiger partial charge is 0.282 e. The predicted molar refractivity (Wildman–Crippen MR) is 85.7 cm³/mol. The number of hydrazone groups is 1. The number of amides is 1. The Morgan fingerprint density at radius 3 is 2.75 bits per heavy atom. The molecule has 0 atom stereocenters. The Kier molecular flexibility index (Phi) is 4.30. The Labute approximate surface area is 140 Å². The first kappa shape index (κ1) is 15.8. The molecule has 0 saturated heterocycles. The van der Waals surface area contributed by atoms with Gasteiger partial charge in [0.2, 0.25) is 6.79 Å². The van der Waals surface area contributed by atoms with E-state index in [1.807, 2.05) is 0 Å². The van der Waals surface area contributed by atoms with Gasteiger partial charge in [0.25, 0.3) is 11.6 Å².